The van der Waals surface area contributed by atoms with Gasteiger partial charge < -0.3 is 18.9 Å². The first kappa shape index (κ1) is 23.5. The quantitative estimate of drug-likeness (QED) is 0.423. The van der Waals surface area contributed by atoms with Crippen LogP contribution in [0.5, 0.6) is 23.0 Å². The summed E-state index contributed by atoms with van der Waals surface area (Å²) in [6.07, 6.45) is 0. The monoisotopic (exact) mass is 434 g/mol. The van der Waals surface area contributed by atoms with E-state index in [9.17, 15) is 0 Å². The molecule has 0 aliphatic carbocycles. The van der Waals surface area contributed by atoms with E-state index in [1.807, 2.05) is 26.0 Å². The zero-order chi connectivity index (χ0) is 23.7. The lowest BCUT2D eigenvalue weighted by Crippen LogP contribution is -2.03. The summed E-state index contributed by atoms with van der Waals surface area (Å²) >= 11 is 0. The van der Waals surface area contributed by atoms with E-state index in [-0.39, 0.29) is 0 Å². The van der Waals surface area contributed by atoms with E-state index < -0.39 is 0 Å². The van der Waals surface area contributed by atoms with Gasteiger partial charge in [0.15, 0.2) is 0 Å². The molecule has 0 N–H and O–H groups in total. The molecule has 3 aromatic carbocycles. The van der Waals surface area contributed by atoms with Crippen molar-refractivity contribution >= 4 is 0 Å². The zero-order valence-corrected chi connectivity index (χ0v) is 20.9. The number of ether oxygens (including phenoxy) is 4. The highest BCUT2D eigenvalue weighted by Crippen LogP contribution is 2.46. The van der Waals surface area contributed by atoms with Gasteiger partial charge in [0.05, 0.1) is 28.4 Å². The van der Waals surface area contributed by atoms with Crippen molar-refractivity contribution < 1.29 is 18.9 Å². The van der Waals surface area contributed by atoms with Gasteiger partial charge in [-0.3, -0.25) is 0 Å². The Hall–Kier alpha value is -3.14. The predicted octanol–water partition coefficient (Wildman–Crippen LogP) is 6.91. The smallest absolute Gasteiger partial charge is 0.127 e. The first-order chi connectivity index (χ1) is 15.2. The maximum absolute atomic E-state index is 5.77. The molecule has 0 saturated carbocycles. The highest BCUT2D eigenvalue weighted by Gasteiger charge is 2.23. The third-order valence-electron chi connectivity index (χ3n) is 6.60. The number of methoxy groups -OCH3 is 4. The second kappa shape index (κ2) is 9.15. The van der Waals surface area contributed by atoms with Crippen LogP contribution in [0.3, 0.4) is 0 Å². The molecule has 0 radical (unpaired) electrons. The summed E-state index contributed by atoms with van der Waals surface area (Å²) in [5.74, 6) is 3.39. The standard InChI is InChI=1S/C28H34O4/c1-15-11-25(31-9)21(13-23(15)29-7)27-17(3)19(5)28(20(6)18(27)4)22-14-24(30-8)16(2)12-26(22)32-10/h11-14H,1-10H3. The molecule has 0 aliphatic heterocycles. The lowest BCUT2D eigenvalue weighted by molar-refractivity contribution is 0.401. The largest absolute Gasteiger partial charge is 0.496 e. The van der Waals surface area contributed by atoms with Gasteiger partial charge >= 0.3 is 0 Å². The van der Waals surface area contributed by atoms with Gasteiger partial charge in [-0.15, -0.1) is 0 Å². The van der Waals surface area contributed by atoms with E-state index in [1.165, 1.54) is 33.4 Å². The summed E-state index contributed by atoms with van der Waals surface area (Å²) in [6.45, 7) is 12.7. The Morgan fingerprint density at radius 3 is 0.938 bits per heavy atom. The first-order valence-electron chi connectivity index (χ1n) is 10.8. The molecule has 32 heavy (non-hydrogen) atoms. The van der Waals surface area contributed by atoms with Gasteiger partial charge in [0.25, 0.3) is 0 Å². The van der Waals surface area contributed by atoms with Crippen molar-refractivity contribution in [1.82, 2.24) is 0 Å². The minimum atomic E-state index is 0.843. The highest BCUT2D eigenvalue weighted by molar-refractivity contribution is 5.87. The van der Waals surface area contributed by atoms with Crippen LogP contribution in [0.1, 0.15) is 33.4 Å². The molecule has 0 saturated heterocycles. The van der Waals surface area contributed by atoms with Crippen LogP contribution in [0, 0.1) is 41.5 Å². The van der Waals surface area contributed by atoms with Crippen LogP contribution in [0.15, 0.2) is 24.3 Å². The Bertz CT molecular complexity index is 1050. The minimum Gasteiger partial charge on any atom is -0.496 e. The van der Waals surface area contributed by atoms with E-state index in [0.717, 1.165) is 45.3 Å². The van der Waals surface area contributed by atoms with E-state index in [4.69, 9.17) is 18.9 Å². The van der Waals surface area contributed by atoms with Gasteiger partial charge in [0, 0.05) is 11.1 Å². The molecule has 0 atom stereocenters. The van der Waals surface area contributed by atoms with Crippen molar-refractivity contribution in [2.75, 3.05) is 28.4 Å². The van der Waals surface area contributed by atoms with Crippen LogP contribution in [-0.4, -0.2) is 28.4 Å². The maximum atomic E-state index is 5.77. The van der Waals surface area contributed by atoms with Gasteiger partial charge in [-0.1, -0.05) is 0 Å². The SMILES string of the molecule is COc1cc(-c2c(C)c(C)c(-c3cc(OC)c(C)cc3OC)c(C)c2C)c(OC)cc1C. The summed E-state index contributed by atoms with van der Waals surface area (Å²) in [5.41, 5.74) is 11.3. The predicted molar refractivity (Wildman–Crippen MR) is 132 cm³/mol. The Kier molecular flexibility index (Phi) is 6.73. The molecule has 4 heteroatoms. The van der Waals surface area contributed by atoms with Crippen LogP contribution in [0.2, 0.25) is 0 Å². The first-order valence-corrected chi connectivity index (χ1v) is 10.8. The number of hydrogen-bond acceptors (Lipinski definition) is 4. The van der Waals surface area contributed by atoms with E-state index in [1.54, 1.807) is 28.4 Å². The topological polar surface area (TPSA) is 36.9 Å². The summed E-state index contributed by atoms with van der Waals surface area (Å²) in [4.78, 5) is 0. The zero-order valence-electron chi connectivity index (χ0n) is 20.9. The molecule has 170 valence electrons. The molecule has 3 rings (SSSR count). The van der Waals surface area contributed by atoms with Crippen molar-refractivity contribution in [3.8, 4) is 45.3 Å². The molecule has 3 aromatic rings. The molecule has 0 spiro atoms. The average molecular weight is 435 g/mol. The second-order valence-corrected chi connectivity index (χ2v) is 8.29. The summed E-state index contributed by atoms with van der Waals surface area (Å²) in [6, 6.07) is 8.24. The van der Waals surface area contributed by atoms with Crippen molar-refractivity contribution in [2.24, 2.45) is 0 Å². The van der Waals surface area contributed by atoms with Crippen molar-refractivity contribution in [2.45, 2.75) is 41.5 Å². The van der Waals surface area contributed by atoms with Crippen LogP contribution < -0.4 is 18.9 Å². The van der Waals surface area contributed by atoms with Crippen LogP contribution >= 0.6 is 0 Å². The van der Waals surface area contributed by atoms with Crippen LogP contribution in [0.25, 0.3) is 22.3 Å². The Morgan fingerprint density at radius 1 is 0.406 bits per heavy atom. The molecule has 0 heterocycles. The summed E-state index contributed by atoms with van der Waals surface area (Å²) < 4.78 is 22.8. The molecular formula is C28H34O4. The normalized spacial score (nSPS) is 10.8. The third kappa shape index (κ3) is 3.79. The van der Waals surface area contributed by atoms with Crippen LogP contribution in [-0.2, 0) is 0 Å². The third-order valence-corrected chi connectivity index (χ3v) is 6.60. The lowest BCUT2D eigenvalue weighted by Gasteiger charge is -2.24. The summed E-state index contributed by atoms with van der Waals surface area (Å²) in [7, 11) is 6.84. The molecule has 0 unspecified atom stereocenters. The van der Waals surface area contributed by atoms with Gasteiger partial charge in [0.2, 0.25) is 0 Å². The minimum absolute atomic E-state index is 0.843. The van der Waals surface area contributed by atoms with Gasteiger partial charge in [-0.2, -0.15) is 0 Å². The Morgan fingerprint density at radius 2 is 0.688 bits per heavy atom. The molecule has 0 bridgehead atoms. The number of rotatable bonds is 6. The fraction of sp³-hybridized carbons (Fsp3) is 0.357. The molecule has 0 amide bonds. The Labute approximate surface area is 192 Å². The van der Waals surface area contributed by atoms with E-state index in [0.29, 0.717) is 0 Å². The Balaban J connectivity index is 2.38. The van der Waals surface area contributed by atoms with Crippen molar-refractivity contribution in [1.29, 1.82) is 0 Å². The lowest BCUT2D eigenvalue weighted by atomic mass is 9.82. The van der Waals surface area contributed by atoms with Crippen molar-refractivity contribution in [3.63, 3.8) is 0 Å². The van der Waals surface area contributed by atoms with Gasteiger partial charge in [-0.25, -0.2) is 0 Å². The van der Waals surface area contributed by atoms with E-state index in [2.05, 4.69) is 39.8 Å². The van der Waals surface area contributed by atoms with E-state index >= 15 is 0 Å². The molecule has 4 nitrogen and oxygen atoms in total. The summed E-state index contributed by atoms with van der Waals surface area (Å²) in [5, 5.41) is 0. The number of benzene rings is 3. The van der Waals surface area contributed by atoms with Gasteiger partial charge in [-0.05, 0) is 110 Å². The van der Waals surface area contributed by atoms with Gasteiger partial charge in [0.1, 0.15) is 23.0 Å². The fourth-order valence-corrected chi connectivity index (χ4v) is 4.61. The number of aryl methyl sites for hydroxylation is 2. The molecule has 0 fully saturated rings. The molecular weight excluding hydrogens is 400 g/mol. The maximum Gasteiger partial charge on any atom is 0.127 e. The van der Waals surface area contributed by atoms with Crippen LogP contribution in [0.4, 0.5) is 0 Å². The highest BCUT2D eigenvalue weighted by atomic mass is 16.5. The molecule has 0 aliphatic rings. The fourth-order valence-electron chi connectivity index (χ4n) is 4.61. The molecule has 0 aromatic heterocycles. The number of hydrogen-bond donors (Lipinski definition) is 0. The van der Waals surface area contributed by atoms with Crippen molar-refractivity contribution in [3.05, 3.63) is 57.6 Å². The second-order valence-electron chi connectivity index (χ2n) is 8.29. The average Bonchev–Trinajstić information content (AvgIpc) is 2.79.